The molecule has 21 heavy (non-hydrogen) atoms. The summed E-state index contributed by atoms with van der Waals surface area (Å²) in [5, 5.41) is 0.0122. The third-order valence-corrected chi connectivity index (χ3v) is 10.1. The summed E-state index contributed by atoms with van der Waals surface area (Å²) < 4.78 is 7.11. The van der Waals surface area contributed by atoms with Crippen molar-refractivity contribution in [3.05, 3.63) is 24.3 Å². The molecule has 2 saturated carbocycles. The quantitative estimate of drug-likeness (QED) is 0.475. The van der Waals surface area contributed by atoms with E-state index in [9.17, 15) is 0 Å². The third kappa shape index (κ3) is 1.51. The summed E-state index contributed by atoms with van der Waals surface area (Å²) in [4.78, 5) is 0. The Morgan fingerprint density at radius 2 is 1.76 bits per heavy atom. The van der Waals surface area contributed by atoms with Gasteiger partial charge in [-0.1, -0.05) is 63.2 Å². The standard InChI is InChI=1S/C19H30OSi/c1-15-16-9-8-12-18(16)13-14-19(20-18,21(2,3)4)17(15)10-6-5-7-11-17/h13-14,16H,1,5-12H2,2-4H3. The highest BCUT2D eigenvalue weighted by atomic mass is 28.3. The lowest BCUT2D eigenvalue weighted by Crippen LogP contribution is -2.68. The predicted molar refractivity (Wildman–Crippen MR) is 91.0 cm³/mol. The van der Waals surface area contributed by atoms with Crippen LogP contribution in [-0.2, 0) is 4.74 Å². The fourth-order valence-corrected chi connectivity index (χ4v) is 9.14. The van der Waals surface area contributed by atoms with Crippen molar-refractivity contribution in [3.8, 4) is 0 Å². The van der Waals surface area contributed by atoms with Crippen LogP contribution in [0, 0.1) is 11.3 Å². The normalized spacial score (nSPS) is 44.3. The summed E-state index contributed by atoms with van der Waals surface area (Å²) >= 11 is 0. The molecule has 4 aliphatic rings. The second-order valence-corrected chi connectivity index (χ2v) is 14.2. The topological polar surface area (TPSA) is 9.23 Å². The fourth-order valence-electron chi connectivity index (χ4n) is 6.22. The highest BCUT2D eigenvalue weighted by Gasteiger charge is 2.70. The summed E-state index contributed by atoms with van der Waals surface area (Å²) in [5.41, 5.74) is 1.86. The van der Waals surface area contributed by atoms with Crippen LogP contribution < -0.4 is 0 Å². The van der Waals surface area contributed by atoms with Gasteiger partial charge in [0.15, 0.2) is 0 Å². The van der Waals surface area contributed by atoms with Gasteiger partial charge in [-0.2, -0.15) is 0 Å². The molecule has 2 spiro atoms. The van der Waals surface area contributed by atoms with Gasteiger partial charge in [0.1, 0.15) is 0 Å². The van der Waals surface area contributed by atoms with Gasteiger partial charge in [-0.15, -0.1) is 0 Å². The van der Waals surface area contributed by atoms with Gasteiger partial charge in [-0.25, -0.2) is 0 Å². The van der Waals surface area contributed by atoms with Gasteiger partial charge in [0.05, 0.1) is 18.9 Å². The minimum absolute atomic E-state index is 0.0122. The van der Waals surface area contributed by atoms with Gasteiger partial charge < -0.3 is 4.74 Å². The molecule has 2 aliphatic carbocycles. The Hall–Kier alpha value is -0.343. The average molecular weight is 303 g/mol. The number of hydrogen-bond acceptors (Lipinski definition) is 1. The number of fused-ring (bicyclic) bond motifs is 2. The molecule has 0 aromatic carbocycles. The molecule has 3 unspecified atom stereocenters. The number of ether oxygens (including phenoxy) is 1. The van der Waals surface area contributed by atoms with Crippen molar-refractivity contribution in [3.63, 3.8) is 0 Å². The van der Waals surface area contributed by atoms with Crippen molar-refractivity contribution in [1.29, 1.82) is 0 Å². The van der Waals surface area contributed by atoms with Crippen molar-refractivity contribution in [2.45, 2.75) is 81.8 Å². The minimum Gasteiger partial charge on any atom is -0.362 e. The van der Waals surface area contributed by atoms with Crippen molar-refractivity contribution in [1.82, 2.24) is 0 Å². The Morgan fingerprint density at radius 3 is 2.43 bits per heavy atom. The van der Waals surface area contributed by atoms with E-state index in [1.165, 1.54) is 51.4 Å². The Kier molecular flexibility index (Phi) is 2.81. The minimum atomic E-state index is -1.50. The fraction of sp³-hybridized carbons (Fsp3) is 0.789. The Balaban J connectivity index is 1.91. The molecular weight excluding hydrogens is 272 g/mol. The molecule has 1 nitrogen and oxygen atoms in total. The predicted octanol–water partition coefficient (Wildman–Crippen LogP) is 5.25. The van der Waals surface area contributed by atoms with E-state index in [1.807, 2.05) is 0 Å². The third-order valence-electron chi connectivity index (χ3n) is 7.17. The molecule has 0 aromatic rings. The molecule has 2 aliphatic heterocycles. The Morgan fingerprint density at radius 1 is 1.05 bits per heavy atom. The zero-order chi connectivity index (χ0) is 14.9. The van der Waals surface area contributed by atoms with E-state index in [-0.39, 0.29) is 16.2 Å². The lowest BCUT2D eigenvalue weighted by Gasteiger charge is -2.62. The molecule has 0 N–H and O–H groups in total. The van der Waals surface area contributed by atoms with Crippen LogP contribution in [0.2, 0.25) is 19.6 Å². The van der Waals surface area contributed by atoms with Gasteiger partial charge in [0.2, 0.25) is 0 Å². The molecule has 0 amide bonds. The van der Waals surface area contributed by atoms with Crippen LogP contribution in [0.25, 0.3) is 0 Å². The lowest BCUT2D eigenvalue weighted by atomic mass is 9.60. The second kappa shape index (κ2) is 4.14. The average Bonchev–Trinajstić information content (AvgIpc) is 3.03. The molecule has 3 fully saturated rings. The van der Waals surface area contributed by atoms with Gasteiger partial charge in [0.25, 0.3) is 0 Å². The van der Waals surface area contributed by atoms with Crippen LogP contribution >= 0.6 is 0 Å². The van der Waals surface area contributed by atoms with Crippen LogP contribution in [0.3, 0.4) is 0 Å². The molecule has 3 atom stereocenters. The summed E-state index contributed by atoms with van der Waals surface area (Å²) in [5.74, 6) is 0.596. The first-order valence-electron chi connectivity index (χ1n) is 8.97. The smallest absolute Gasteiger partial charge is 0.0936 e. The van der Waals surface area contributed by atoms with E-state index >= 15 is 0 Å². The first-order valence-corrected chi connectivity index (χ1v) is 12.5. The Labute approximate surface area is 130 Å². The SMILES string of the molecule is C=C1C2CCCC23C=CC([Si](C)(C)C)(O3)C12CCCCC2. The maximum Gasteiger partial charge on any atom is 0.0936 e. The van der Waals surface area contributed by atoms with Crippen LogP contribution in [0.5, 0.6) is 0 Å². The first-order chi connectivity index (χ1) is 9.87. The van der Waals surface area contributed by atoms with Crippen LogP contribution in [0.4, 0.5) is 0 Å². The molecule has 1 saturated heterocycles. The summed E-state index contributed by atoms with van der Waals surface area (Å²) in [6, 6.07) is 0. The molecular formula is C19H30OSi. The van der Waals surface area contributed by atoms with E-state index in [0.29, 0.717) is 5.92 Å². The van der Waals surface area contributed by atoms with E-state index in [4.69, 9.17) is 11.3 Å². The zero-order valence-electron chi connectivity index (χ0n) is 14.0. The maximum atomic E-state index is 7.11. The van der Waals surface area contributed by atoms with Crippen LogP contribution in [0.1, 0.15) is 51.4 Å². The van der Waals surface area contributed by atoms with E-state index in [0.717, 1.165) is 0 Å². The maximum absolute atomic E-state index is 7.11. The van der Waals surface area contributed by atoms with E-state index in [1.54, 1.807) is 5.57 Å². The molecule has 116 valence electrons. The number of hydrogen-bond donors (Lipinski definition) is 0. The molecule has 0 radical (unpaired) electrons. The van der Waals surface area contributed by atoms with Gasteiger partial charge in [-0.05, 0) is 32.1 Å². The lowest BCUT2D eigenvalue weighted by molar-refractivity contribution is -0.156. The molecule has 2 heterocycles. The van der Waals surface area contributed by atoms with Crippen molar-refractivity contribution in [2.75, 3.05) is 0 Å². The zero-order valence-corrected chi connectivity index (χ0v) is 15.0. The molecule has 2 bridgehead atoms. The van der Waals surface area contributed by atoms with Crippen molar-refractivity contribution in [2.24, 2.45) is 11.3 Å². The largest absolute Gasteiger partial charge is 0.362 e. The summed E-state index contributed by atoms with van der Waals surface area (Å²) in [6.07, 6.45) is 15.6. The molecule has 4 rings (SSSR count). The summed E-state index contributed by atoms with van der Waals surface area (Å²) in [7, 11) is -1.50. The highest BCUT2D eigenvalue weighted by molar-refractivity contribution is 6.79. The van der Waals surface area contributed by atoms with Gasteiger partial charge in [-0.3, -0.25) is 0 Å². The van der Waals surface area contributed by atoms with Crippen molar-refractivity contribution < 1.29 is 4.74 Å². The number of rotatable bonds is 1. The van der Waals surface area contributed by atoms with E-state index < -0.39 is 8.07 Å². The van der Waals surface area contributed by atoms with Gasteiger partial charge in [0, 0.05) is 11.3 Å². The first kappa shape index (κ1) is 14.3. The second-order valence-electron chi connectivity index (χ2n) is 8.99. The monoisotopic (exact) mass is 302 g/mol. The van der Waals surface area contributed by atoms with Crippen LogP contribution in [0.15, 0.2) is 24.3 Å². The molecule has 2 heteroatoms. The van der Waals surface area contributed by atoms with Crippen molar-refractivity contribution >= 4 is 8.07 Å². The van der Waals surface area contributed by atoms with Gasteiger partial charge >= 0.3 is 0 Å². The Bertz CT molecular complexity index is 508. The highest BCUT2D eigenvalue weighted by Crippen LogP contribution is 2.68. The van der Waals surface area contributed by atoms with E-state index in [2.05, 4.69) is 31.8 Å². The van der Waals surface area contributed by atoms with Crippen LogP contribution in [-0.4, -0.2) is 18.9 Å². The molecule has 0 aromatic heterocycles. The summed E-state index contributed by atoms with van der Waals surface area (Å²) in [6.45, 7) is 12.3.